The van der Waals surface area contributed by atoms with Gasteiger partial charge in [0.25, 0.3) is 5.91 Å². The van der Waals surface area contributed by atoms with Crippen LogP contribution in [-0.4, -0.2) is 29.4 Å². The molecule has 0 unspecified atom stereocenters. The van der Waals surface area contributed by atoms with E-state index in [1.54, 1.807) is 18.1 Å². The van der Waals surface area contributed by atoms with E-state index >= 15 is 0 Å². The molecule has 5 heteroatoms. The summed E-state index contributed by atoms with van der Waals surface area (Å²) in [6, 6.07) is 7.31. The maximum Gasteiger partial charge on any atom is 0.272 e. The van der Waals surface area contributed by atoms with Crippen molar-refractivity contribution in [2.24, 2.45) is 4.99 Å². The van der Waals surface area contributed by atoms with Gasteiger partial charge in [0.15, 0.2) is 5.17 Å². The Kier molecular flexibility index (Phi) is 2.64. The van der Waals surface area contributed by atoms with Gasteiger partial charge in [0.05, 0.1) is 11.3 Å². The van der Waals surface area contributed by atoms with Gasteiger partial charge in [-0.2, -0.15) is 0 Å². The first-order valence-corrected chi connectivity index (χ1v) is 5.71. The molecule has 0 saturated heterocycles. The van der Waals surface area contributed by atoms with E-state index < -0.39 is 0 Å². The van der Waals surface area contributed by atoms with E-state index in [1.165, 1.54) is 11.8 Å². The zero-order chi connectivity index (χ0) is 10.8. The molecule has 0 saturated carbocycles. The van der Waals surface area contributed by atoms with Gasteiger partial charge in [0.2, 0.25) is 0 Å². The minimum atomic E-state index is -0.124. The summed E-state index contributed by atoms with van der Waals surface area (Å²) in [5, 5.41) is 2.40. The Labute approximate surface area is 92.3 Å². The third-order valence-corrected chi connectivity index (χ3v) is 2.83. The van der Waals surface area contributed by atoms with Crippen LogP contribution in [0.3, 0.4) is 0 Å². The van der Waals surface area contributed by atoms with Crippen LogP contribution in [0, 0.1) is 0 Å². The van der Waals surface area contributed by atoms with Crippen LogP contribution in [0.15, 0.2) is 29.3 Å². The van der Waals surface area contributed by atoms with E-state index in [0.717, 1.165) is 5.17 Å². The van der Waals surface area contributed by atoms with E-state index in [2.05, 4.69) is 10.4 Å². The Hall–Kier alpha value is -1.49. The van der Waals surface area contributed by atoms with Crippen molar-refractivity contribution >= 4 is 28.5 Å². The number of para-hydroxylation sites is 1. The van der Waals surface area contributed by atoms with Crippen LogP contribution in [0.25, 0.3) is 0 Å². The number of hydrazine groups is 1. The fourth-order valence-electron chi connectivity index (χ4n) is 1.38. The van der Waals surface area contributed by atoms with Crippen LogP contribution in [0.5, 0.6) is 0 Å². The Bertz CT molecular complexity index is 430. The number of nitrogens with one attached hydrogen (secondary N) is 1. The summed E-state index contributed by atoms with van der Waals surface area (Å²) in [5.74, 6) is -0.124. The molecule has 4 nitrogen and oxygen atoms in total. The molecule has 1 aliphatic heterocycles. The highest BCUT2D eigenvalue weighted by molar-refractivity contribution is 8.13. The number of rotatable bonds is 0. The molecule has 1 N–H and O–H groups in total. The average molecular weight is 221 g/mol. The van der Waals surface area contributed by atoms with Gasteiger partial charge in [-0.25, -0.2) is 4.99 Å². The van der Waals surface area contributed by atoms with E-state index in [9.17, 15) is 4.79 Å². The smallest absolute Gasteiger partial charge is 0.267 e. The lowest BCUT2D eigenvalue weighted by molar-refractivity contribution is 0.0892. The van der Waals surface area contributed by atoms with Crippen molar-refractivity contribution in [1.82, 2.24) is 10.4 Å². The fraction of sp³-hybridized carbons (Fsp3) is 0.200. The second-order valence-corrected chi connectivity index (χ2v) is 3.89. The second-order valence-electron chi connectivity index (χ2n) is 3.12. The highest BCUT2D eigenvalue weighted by Crippen LogP contribution is 2.23. The highest BCUT2D eigenvalue weighted by atomic mass is 32.2. The largest absolute Gasteiger partial charge is 0.272 e. The van der Waals surface area contributed by atoms with Crippen LogP contribution in [0.1, 0.15) is 10.4 Å². The van der Waals surface area contributed by atoms with Gasteiger partial charge in [-0.1, -0.05) is 23.9 Å². The summed E-state index contributed by atoms with van der Waals surface area (Å²) in [5.41, 5.74) is 4.06. The van der Waals surface area contributed by atoms with Gasteiger partial charge in [-0.15, -0.1) is 0 Å². The number of hydrogen-bond acceptors (Lipinski definition) is 4. The van der Waals surface area contributed by atoms with E-state index in [0.29, 0.717) is 11.3 Å². The molecule has 15 heavy (non-hydrogen) atoms. The number of amidine groups is 1. The molecule has 1 aromatic rings. The van der Waals surface area contributed by atoms with Crippen molar-refractivity contribution < 1.29 is 4.79 Å². The van der Waals surface area contributed by atoms with Crippen LogP contribution in [-0.2, 0) is 0 Å². The van der Waals surface area contributed by atoms with E-state index in [-0.39, 0.29) is 5.91 Å². The third kappa shape index (κ3) is 1.83. The molecule has 0 aliphatic carbocycles. The van der Waals surface area contributed by atoms with Gasteiger partial charge in [-0.3, -0.25) is 15.2 Å². The number of aliphatic imine (C=N–C) groups is 1. The zero-order valence-corrected chi connectivity index (χ0v) is 9.34. The lowest BCUT2D eigenvalue weighted by Crippen LogP contribution is -2.40. The molecule has 2 rings (SSSR count). The molecule has 1 aromatic carbocycles. The molecule has 0 bridgehead atoms. The molecule has 78 valence electrons. The average Bonchev–Trinajstić information content (AvgIpc) is 2.36. The predicted molar refractivity (Wildman–Crippen MR) is 62.3 cm³/mol. The van der Waals surface area contributed by atoms with Crippen LogP contribution < -0.4 is 5.43 Å². The van der Waals surface area contributed by atoms with Crippen LogP contribution in [0.2, 0.25) is 0 Å². The van der Waals surface area contributed by atoms with Gasteiger partial charge < -0.3 is 0 Å². The number of nitrogens with zero attached hydrogens (tertiary/aromatic N) is 2. The molecule has 0 atom stereocenters. The maximum absolute atomic E-state index is 11.7. The number of thioether (sulfide) groups is 1. The van der Waals surface area contributed by atoms with E-state index in [1.807, 2.05) is 24.5 Å². The quantitative estimate of drug-likeness (QED) is 0.724. The summed E-state index contributed by atoms with van der Waals surface area (Å²) in [7, 11) is 1.78. The standard InChI is InChI=1S/C10H11N3OS/c1-13-10(15-2)11-8-6-4-3-5-7(8)9(14)12-13/h3-6H,1-2H3,(H,12,14). The van der Waals surface area contributed by atoms with Crippen LogP contribution in [0.4, 0.5) is 5.69 Å². The molecule has 0 fully saturated rings. The van der Waals surface area contributed by atoms with Crippen molar-refractivity contribution in [2.75, 3.05) is 13.3 Å². The van der Waals surface area contributed by atoms with Gasteiger partial charge in [-0.05, 0) is 18.4 Å². The van der Waals surface area contributed by atoms with Crippen molar-refractivity contribution in [1.29, 1.82) is 0 Å². The first-order valence-electron chi connectivity index (χ1n) is 4.49. The topological polar surface area (TPSA) is 44.7 Å². The molecule has 0 aromatic heterocycles. The molecule has 1 amide bonds. The second kappa shape index (κ2) is 3.94. The number of carbonyl (C=O) groups excluding carboxylic acids is 1. The normalized spacial score (nSPS) is 15.2. The molecule has 1 aliphatic rings. The van der Waals surface area contributed by atoms with Crippen molar-refractivity contribution in [2.45, 2.75) is 0 Å². The Balaban J connectivity index is 2.53. The van der Waals surface area contributed by atoms with Crippen LogP contribution >= 0.6 is 11.8 Å². The summed E-state index contributed by atoms with van der Waals surface area (Å²) < 4.78 is 0. The summed E-state index contributed by atoms with van der Waals surface area (Å²) >= 11 is 1.49. The lowest BCUT2D eigenvalue weighted by Gasteiger charge is -2.17. The minimum Gasteiger partial charge on any atom is -0.267 e. The first-order chi connectivity index (χ1) is 7.22. The number of fused-ring (bicyclic) bond motifs is 1. The Morgan fingerprint density at radius 2 is 2.13 bits per heavy atom. The number of benzene rings is 1. The Morgan fingerprint density at radius 1 is 1.40 bits per heavy atom. The summed E-state index contributed by atoms with van der Waals surface area (Å²) in [6.07, 6.45) is 1.93. The minimum absolute atomic E-state index is 0.124. The van der Waals surface area contributed by atoms with E-state index in [4.69, 9.17) is 0 Å². The number of amides is 1. The number of hydrogen-bond donors (Lipinski definition) is 1. The lowest BCUT2D eigenvalue weighted by atomic mass is 10.2. The van der Waals surface area contributed by atoms with Gasteiger partial charge >= 0.3 is 0 Å². The molecular weight excluding hydrogens is 210 g/mol. The maximum atomic E-state index is 11.7. The Morgan fingerprint density at radius 3 is 2.87 bits per heavy atom. The monoisotopic (exact) mass is 221 g/mol. The fourth-order valence-corrected chi connectivity index (χ4v) is 1.89. The molecule has 0 radical (unpaired) electrons. The van der Waals surface area contributed by atoms with Gasteiger partial charge in [0.1, 0.15) is 0 Å². The highest BCUT2D eigenvalue weighted by Gasteiger charge is 2.18. The molecule has 1 heterocycles. The molecule has 0 spiro atoms. The SMILES string of the molecule is CSC1=Nc2ccccc2C(=O)NN1C. The first kappa shape index (κ1) is 10.0. The van der Waals surface area contributed by atoms with Crippen molar-refractivity contribution in [3.05, 3.63) is 29.8 Å². The summed E-state index contributed by atoms with van der Waals surface area (Å²) in [6.45, 7) is 0. The van der Waals surface area contributed by atoms with Crippen molar-refractivity contribution in [3.63, 3.8) is 0 Å². The van der Waals surface area contributed by atoms with Gasteiger partial charge in [0, 0.05) is 7.05 Å². The summed E-state index contributed by atoms with van der Waals surface area (Å²) in [4.78, 5) is 16.2. The molecular formula is C10H11N3OS. The van der Waals surface area contributed by atoms with Crippen molar-refractivity contribution in [3.8, 4) is 0 Å². The number of carbonyl (C=O) groups is 1. The zero-order valence-electron chi connectivity index (χ0n) is 8.52. The predicted octanol–water partition coefficient (Wildman–Crippen LogP) is 1.63. The third-order valence-electron chi connectivity index (χ3n) is 2.10.